The zero-order chi connectivity index (χ0) is 17.1. The minimum Gasteiger partial charge on any atom is -0.429 e. The van der Waals surface area contributed by atoms with Crippen molar-refractivity contribution >= 4 is 11.7 Å². The number of rotatable bonds is 4. The standard InChI is InChI=1S/C13H15NO9/c15-5-8-9(16)10(17)11(18)13(22-8)23-12(19)6-1-3-7(4-2-6)14(20)21/h1-4,8-11,13,15-18H,5H2/t8-,9-,10+,11-,13-/m1/s1. The lowest BCUT2D eigenvalue weighted by molar-refractivity contribution is -0.384. The summed E-state index contributed by atoms with van der Waals surface area (Å²) < 4.78 is 9.90. The second-order valence-electron chi connectivity index (χ2n) is 4.91. The van der Waals surface area contributed by atoms with E-state index in [1.807, 2.05) is 0 Å². The molecule has 23 heavy (non-hydrogen) atoms. The average molecular weight is 329 g/mol. The number of hydrogen-bond acceptors (Lipinski definition) is 9. The molecule has 0 aromatic heterocycles. The van der Waals surface area contributed by atoms with E-state index in [0.29, 0.717) is 0 Å². The number of aliphatic hydroxyl groups excluding tert-OH is 4. The van der Waals surface area contributed by atoms with Gasteiger partial charge >= 0.3 is 5.97 Å². The second kappa shape index (κ2) is 6.98. The minimum atomic E-state index is -1.71. The van der Waals surface area contributed by atoms with E-state index in [1.165, 1.54) is 0 Å². The van der Waals surface area contributed by atoms with Gasteiger partial charge in [0, 0.05) is 12.1 Å². The SMILES string of the molecule is O=C(O[C@H]1O[C@H](CO)[C@@H](O)[C@H](O)[C@H]1O)c1ccc([N+](=O)[O-])cc1. The van der Waals surface area contributed by atoms with Crippen LogP contribution in [0.1, 0.15) is 10.4 Å². The van der Waals surface area contributed by atoms with Gasteiger partial charge in [0.2, 0.25) is 6.29 Å². The summed E-state index contributed by atoms with van der Waals surface area (Å²) in [6, 6.07) is 4.52. The number of benzene rings is 1. The molecule has 1 aliphatic heterocycles. The van der Waals surface area contributed by atoms with Crippen LogP contribution < -0.4 is 0 Å². The van der Waals surface area contributed by atoms with Gasteiger partial charge in [0.1, 0.15) is 24.4 Å². The third kappa shape index (κ3) is 3.63. The predicted molar refractivity (Wildman–Crippen MR) is 72.3 cm³/mol. The number of hydrogen-bond donors (Lipinski definition) is 4. The number of non-ortho nitro benzene ring substituents is 1. The Balaban J connectivity index is 2.08. The van der Waals surface area contributed by atoms with Gasteiger partial charge in [0.25, 0.3) is 5.69 Å². The summed E-state index contributed by atoms with van der Waals surface area (Å²) in [5.74, 6) is -0.954. The maximum Gasteiger partial charge on any atom is 0.340 e. The molecule has 0 radical (unpaired) electrons. The van der Waals surface area contributed by atoms with Crippen molar-refractivity contribution in [2.75, 3.05) is 6.61 Å². The van der Waals surface area contributed by atoms with Crippen molar-refractivity contribution in [2.24, 2.45) is 0 Å². The molecule has 2 rings (SSSR count). The Morgan fingerprint density at radius 2 is 1.78 bits per heavy atom. The molecule has 1 fully saturated rings. The molecular weight excluding hydrogens is 314 g/mol. The molecule has 0 amide bonds. The van der Waals surface area contributed by atoms with Crippen LogP contribution in [0.5, 0.6) is 0 Å². The van der Waals surface area contributed by atoms with Gasteiger partial charge < -0.3 is 29.9 Å². The molecule has 1 aromatic rings. The van der Waals surface area contributed by atoms with Gasteiger partial charge in [-0.3, -0.25) is 10.1 Å². The molecule has 0 bridgehead atoms. The molecule has 10 heteroatoms. The summed E-state index contributed by atoms with van der Waals surface area (Å²) >= 11 is 0. The Labute approximate surface area is 129 Å². The molecule has 1 saturated heterocycles. The number of nitro groups is 1. The van der Waals surface area contributed by atoms with Crippen LogP contribution in [0.4, 0.5) is 5.69 Å². The van der Waals surface area contributed by atoms with Gasteiger partial charge in [-0.25, -0.2) is 4.79 Å². The summed E-state index contributed by atoms with van der Waals surface area (Å²) in [6.07, 6.45) is -7.76. The van der Waals surface area contributed by atoms with Gasteiger partial charge in [0.05, 0.1) is 17.1 Å². The van der Waals surface area contributed by atoms with E-state index in [-0.39, 0.29) is 11.3 Å². The van der Waals surface area contributed by atoms with E-state index in [0.717, 1.165) is 24.3 Å². The third-order valence-electron chi connectivity index (χ3n) is 3.39. The van der Waals surface area contributed by atoms with E-state index in [1.54, 1.807) is 0 Å². The smallest absolute Gasteiger partial charge is 0.340 e. The molecule has 0 unspecified atom stereocenters. The first-order chi connectivity index (χ1) is 10.8. The van der Waals surface area contributed by atoms with Crippen molar-refractivity contribution in [1.82, 2.24) is 0 Å². The van der Waals surface area contributed by atoms with Crippen molar-refractivity contribution in [1.29, 1.82) is 0 Å². The van der Waals surface area contributed by atoms with E-state index in [9.17, 15) is 30.2 Å². The first kappa shape index (κ1) is 17.2. The van der Waals surface area contributed by atoms with Gasteiger partial charge in [-0.2, -0.15) is 0 Å². The summed E-state index contributed by atoms with van der Waals surface area (Å²) in [6.45, 7) is -0.656. The zero-order valence-electron chi connectivity index (χ0n) is 11.7. The second-order valence-corrected chi connectivity index (χ2v) is 4.91. The van der Waals surface area contributed by atoms with Gasteiger partial charge in [-0.15, -0.1) is 0 Å². The first-order valence-corrected chi connectivity index (χ1v) is 6.61. The molecule has 0 spiro atoms. The Kier molecular flexibility index (Phi) is 5.23. The highest BCUT2D eigenvalue weighted by atomic mass is 16.7. The lowest BCUT2D eigenvalue weighted by Crippen LogP contribution is -2.59. The molecule has 0 aliphatic carbocycles. The molecule has 126 valence electrons. The quantitative estimate of drug-likeness (QED) is 0.294. The van der Waals surface area contributed by atoms with Crippen molar-refractivity contribution < 1.29 is 39.6 Å². The molecule has 1 aromatic carbocycles. The number of esters is 1. The highest BCUT2D eigenvalue weighted by molar-refractivity contribution is 5.89. The van der Waals surface area contributed by atoms with E-state index < -0.39 is 48.2 Å². The fourth-order valence-electron chi connectivity index (χ4n) is 2.06. The van der Waals surface area contributed by atoms with Gasteiger partial charge in [-0.1, -0.05) is 0 Å². The topological polar surface area (TPSA) is 160 Å². The maximum atomic E-state index is 11.9. The van der Waals surface area contributed by atoms with E-state index >= 15 is 0 Å². The largest absolute Gasteiger partial charge is 0.429 e. The Bertz CT molecular complexity index is 573. The first-order valence-electron chi connectivity index (χ1n) is 6.61. The van der Waals surface area contributed by atoms with Crippen LogP contribution >= 0.6 is 0 Å². The van der Waals surface area contributed by atoms with Crippen LogP contribution in [0, 0.1) is 10.1 Å². The minimum absolute atomic E-state index is 0.0347. The molecule has 0 saturated carbocycles. The summed E-state index contributed by atoms with van der Waals surface area (Å²) in [5, 5.41) is 48.5. The van der Waals surface area contributed by atoms with Crippen LogP contribution in [0.25, 0.3) is 0 Å². The van der Waals surface area contributed by atoms with Crippen LogP contribution in [-0.4, -0.2) is 68.6 Å². The molecule has 1 aliphatic rings. The summed E-state index contributed by atoms with van der Waals surface area (Å²) in [4.78, 5) is 21.8. The van der Waals surface area contributed by atoms with E-state index in [2.05, 4.69) is 0 Å². The van der Waals surface area contributed by atoms with Crippen LogP contribution in [0.3, 0.4) is 0 Å². The molecule has 5 atom stereocenters. The molecule has 1 heterocycles. The lowest BCUT2D eigenvalue weighted by Gasteiger charge is -2.39. The number of carbonyl (C=O) groups is 1. The molecular formula is C13H15NO9. The van der Waals surface area contributed by atoms with Crippen molar-refractivity contribution in [3.63, 3.8) is 0 Å². The molecule has 10 nitrogen and oxygen atoms in total. The summed E-state index contributed by atoms with van der Waals surface area (Å²) in [7, 11) is 0. The van der Waals surface area contributed by atoms with E-state index in [4.69, 9.17) is 14.6 Å². The number of carbonyl (C=O) groups excluding carboxylic acids is 1. The van der Waals surface area contributed by atoms with Crippen LogP contribution in [-0.2, 0) is 9.47 Å². The Morgan fingerprint density at radius 1 is 1.17 bits per heavy atom. The van der Waals surface area contributed by atoms with Crippen molar-refractivity contribution in [3.8, 4) is 0 Å². The number of nitrogens with zero attached hydrogens (tertiary/aromatic N) is 1. The summed E-state index contributed by atoms with van der Waals surface area (Å²) in [5.41, 5.74) is -0.248. The third-order valence-corrected chi connectivity index (χ3v) is 3.39. The maximum absolute atomic E-state index is 11.9. The van der Waals surface area contributed by atoms with Crippen molar-refractivity contribution in [3.05, 3.63) is 39.9 Å². The normalized spacial score (nSPS) is 30.7. The number of nitro benzene ring substituents is 1. The van der Waals surface area contributed by atoms with Gasteiger partial charge in [-0.05, 0) is 12.1 Å². The van der Waals surface area contributed by atoms with Crippen LogP contribution in [0.2, 0.25) is 0 Å². The number of ether oxygens (including phenoxy) is 2. The average Bonchev–Trinajstić information content (AvgIpc) is 2.55. The lowest BCUT2D eigenvalue weighted by atomic mass is 9.99. The monoisotopic (exact) mass is 329 g/mol. The van der Waals surface area contributed by atoms with Gasteiger partial charge in [0.15, 0.2) is 0 Å². The fourth-order valence-corrected chi connectivity index (χ4v) is 2.06. The fraction of sp³-hybridized carbons (Fsp3) is 0.462. The highest BCUT2D eigenvalue weighted by Gasteiger charge is 2.45. The Hall–Kier alpha value is -2.11. The molecule has 4 N–H and O–H groups in total. The van der Waals surface area contributed by atoms with Crippen molar-refractivity contribution in [2.45, 2.75) is 30.7 Å². The zero-order valence-corrected chi connectivity index (χ0v) is 11.7. The van der Waals surface area contributed by atoms with Crippen LogP contribution in [0.15, 0.2) is 24.3 Å². The highest BCUT2D eigenvalue weighted by Crippen LogP contribution is 2.23. The number of aliphatic hydroxyl groups is 4. The predicted octanol–water partition coefficient (Wildman–Crippen LogP) is -1.45. The Morgan fingerprint density at radius 3 is 2.30 bits per heavy atom.